The highest BCUT2D eigenvalue weighted by molar-refractivity contribution is 9.10. The maximum Gasteiger partial charge on any atom is 0.336 e. The summed E-state index contributed by atoms with van der Waals surface area (Å²) in [5, 5.41) is 8.94. The highest BCUT2D eigenvalue weighted by atomic mass is 79.9. The second-order valence-electron chi connectivity index (χ2n) is 4.49. The summed E-state index contributed by atoms with van der Waals surface area (Å²) in [7, 11) is -3.65. The highest BCUT2D eigenvalue weighted by Gasteiger charge is 2.31. The molecule has 0 spiro atoms. The lowest BCUT2D eigenvalue weighted by molar-refractivity contribution is 0.0392. The molecule has 0 aromatic heterocycles. The molecule has 1 atom stereocenters. The number of hydrogen-bond donors (Lipinski definition) is 1. The molecule has 8 heteroatoms. The predicted octanol–water partition coefficient (Wildman–Crippen LogP) is 1.56. The number of sulfonamides is 1. The summed E-state index contributed by atoms with van der Waals surface area (Å²) in [4.78, 5) is 11.0. The molecule has 1 aliphatic rings. The highest BCUT2D eigenvalue weighted by Crippen LogP contribution is 2.25. The Bertz CT molecular complexity index is 631. The van der Waals surface area contributed by atoms with E-state index in [9.17, 15) is 13.2 Å². The Morgan fingerprint density at radius 1 is 1.50 bits per heavy atom. The monoisotopic (exact) mass is 363 g/mol. The van der Waals surface area contributed by atoms with Crippen LogP contribution in [0.25, 0.3) is 0 Å². The molecule has 0 unspecified atom stereocenters. The zero-order valence-corrected chi connectivity index (χ0v) is 13.1. The normalized spacial score (nSPS) is 20.8. The molecule has 0 bridgehead atoms. The Morgan fingerprint density at radius 3 is 2.75 bits per heavy atom. The van der Waals surface area contributed by atoms with Crippen molar-refractivity contribution in [2.75, 3.05) is 19.8 Å². The number of aromatic carboxylic acids is 1. The van der Waals surface area contributed by atoms with Crippen LogP contribution in [0.15, 0.2) is 27.6 Å². The number of hydrogen-bond acceptors (Lipinski definition) is 4. The third-order valence-electron chi connectivity index (χ3n) is 3.08. The smallest absolute Gasteiger partial charge is 0.336 e. The summed E-state index contributed by atoms with van der Waals surface area (Å²) in [5.41, 5.74) is 0.0268. The van der Waals surface area contributed by atoms with E-state index in [2.05, 4.69) is 15.9 Å². The van der Waals surface area contributed by atoms with Crippen molar-refractivity contribution in [1.82, 2.24) is 4.31 Å². The number of carboxylic acids is 1. The standard InChI is InChI=1S/C12H14BrNO5S/c1-8-7-19-5-4-14(8)20(17,18)9-2-3-10(12(15)16)11(13)6-9/h2-3,6,8H,4-5,7H2,1H3,(H,15,16)/t8-/m1/s1. The number of benzene rings is 1. The third kappa shape index (κ3) is 2.88. The minimum absolute atomic E-state index is 0.0268. The number of morpholine rings is 1. The lowest BCUT2D eigenvalue weighted by atomic mass is 10.2. The molecule has 0 amide bonds. The average Bonchev–Trinajstić information content (AvgIpc) is 2.38. The van der Waals surface area contributed by atoms with Crippen molar-refractivity contribution in [3.8, 4) is 0 Å². The van der Waals surface area contributed by atoms with Gasteiger partial charge in [0.2, 0.25) is 10.0 Å². The molecule has 1 aromatic carbocycles. The van der Waals surface area contributed by atoms with Crippen molar-refractivity contribution in [3.05, 3.63) is 28.2 Å². The Labute approximate surface area is 125 Å². The van der Waals surface area contributed by atoms with Crippen molar-refractivity contribution in [2.24, 2.45) is 0 Å². The average molecular weight is 364 g/mol. The van der Waals surface area contributed by atoms with E-state index in [0.717, 1.165) is 0 Å². The maximum absolute atomic E-state index is 12.5. The quantitative estimate of drug-likeness (QED) is 0.880. The number of carboxylic acid groups (broad SMARTS) is 1. The first-order valence-corrected chi connectivity index (χ1v) is 8.20. The zero-order valence-electron chi connectivity index (χ0n) is 10.7. The van der Waals surface area contributed by atoms with Crippen LogP contribution in [-0.4, -0.2) is 49.6 Å². The van der Waals surface area contributed by atoms with Gasteiger partial charge in [-0.15, -0.1) is 0 Å². The molecular weight excluding hydrogens is 350 g/mol. The first kappa shape index (κ1) is 15.4. The fourth-order valence-electron chi connectivity index (χ4n) is 2.03. The molecule has 1 heterocycles. The topological polar surface area (TPSA) is 83.9 Å². The van der Waals surface area contributed by atoms with E-state index in [1.54, 1.807) is 6.92 Å². The Hall–Kier alpha value is -0.960. The fraction of sp³-hybridized carbons (Fsp3) is 0.417. The molecule has 1 fully saturated rings. The van der Waals surface area contributed by atoms with Gasteiger partial charge in [-0.1, -0.05) is 0 Å². The maximum atomic E-state index is 12.5. The van der Waals surface area contributed by atoms with E-state index in [-0.39, 0.29) is 21.0 Å². The Morgan fingerprint density at radius 2 is 2.20 bits per heavy atom. The summed E-state index contributed by atoms with van der Waals surface area (Å²) in [6.45, 7) is 2.78. The van der Waals surface area contributed by atoms with Crippen molar-refractivity contribution in [2.45, 2.75) is 17.9 Å². The Balaban J connectivity index is 2.39. The molecule has 1 N–H and O–H groups in total. The van der Waals surface area contributed by atoms with Crippen molar-refractivity contribution >= 4 is 31.9 Å². The van der Waals surface area contributed by atoms with Crippen LogP contribution >= 0.6 is 15.9 Å². The van der Waals surface area contributed by atoms with Crippen molar-refractivity contribution in [3.63, 3.8) is 0 Å². The van der Waals surface area contributed by atoms with Gasteiger partial charge in [0, 0.05) is 17.1 Å². The molecule has 1 saturated heterocycles. The van der Waals surface area contributed by atoms with Crippen molar-refractivity contribution in [1.29, 1.82) is 0 Å². The van der Waals surface area contributed by atoms with Crippen LogP contribution in [0.1, 0.15) is 17.3 Å². The molecular formula is C12H14BrNO5S. The summed E-state index contributed by atoms with van der Waals surface area (Å²) in [5.74, 6) is -1.11. The van der Waals surface area contributed by atoms with Crippen LogP contribution in [0, 0.1) is 0 Å². The lowest BCUT2D eigenvalue weighted by Crippen LogP contribution is -2.46. The van der Waals surface area contributed by atoms with Gasteiger partial charge >= 0.3 is 5.97 Å². The molecule has 1 aromatic rings. The summed E-state index contributed by atoms with van der Waals surface area (Å²) < 4.78 is 31.9. The second kappa shape index (κ2) is 5.80. The van der Waals surface area contributed by atoms with Crippen LogP contribution < -0.4 is 0 Å². The third-order valence-corrected chi connectivity index (χ3v) is 5.75. The largest absolute Gasteiger partial charge is 0.478 e. The van der Waals surface area contributed by atoms with Crippen LogP contribution in [-0.2, 0) is 14.8 Å². The van der Waals surface area contributed by atoms with Crippen LogP contribution in [0.2, 0.25) is 0 Å². The lowest BCUT2D eigenvalue weighted by Gasteiger charge is -2.32. The van der Waals surface area contributed by atoms with Gasteiger partial charge in [0.1, 0.15) is 0 Å². The van der Waals surface area contributed by atoms with Gasteiger partial charge in [0.05, 0.1) is 23.7 Å². The summed E-state index contributed by atoms with van der Waals surface area (Å²) >= 11 is 3.09. The molecule has 20 heavy (non-hydrogen) atoms. The zero-order chi connectivity index (χ0) is 14.9. The predicted molar refractivity (Wildman–Crippen MR) is 75.3 cm³/mol. The number of carbonyl (C=O) groups is 1. The SMILES string of the molecule is C[C@@H]1COCCN1S(=O)(=O)c1ccc(C(=O)O)c(Br)c1. The molecule has 110 valence electrons. The molecule has 6 nitrogen and oxygen atoms in total. The van der Waals surface area contributed by atoms with Gasteiger partial charge in [-0.05, 0) is 41.1 Å². The molecule has 0 aliphatic carbocycles. The minimum Gasteiger partial charge on any atom is -0.478 e. The van der Waals surface area contributed by atoms with Gasteiger partial charge in [0.25, 0.3) is 0 Å². The number of nitrogens with zero attached hydrogens (tertiary/aromatic N) is 1. The Kier molecular flexibility index (Phi) is 4.48. The molecule has 1 aliphatic heterocycles. The fourth-order valence-corrected chi connectivity index (χ4v) is 4.36. The van der Waals surface area contributed by atoms with Gasteiger partial charge in [-0.2, -0.15) is 4.31 Å². The summed E-state index contributed by atoms with van der Waals surface area (Å²) in [6, 6.07) is 3.67. The van der Waals surface area contributed by atoms with E-state index >= 15 is 0 Å². The number of ether oxygens (including phenoxy) is 1. The second-order valence-corrected chi connectivity index (χ2v) is 7.23. The van der Waals surface area contributed by atoms with E-state index in [1.807, 2.05) is 0 Å². The molecule has 0 saturated carbocycles. The van der Waals surface area contributed by atoms with E-state index in [0.29, 0.717) is 19.8 Å². The van der Waals surface area contributed by atoms with E-state index in [4.69, 9.17) is 9.84 Å². The van der Waals surface area contributed by atoms with Crippen LogP contribution in [0.3, 0.4) is 0 Å². The first-order chi connectivity index (χ1) is 9.34. The first-order valence-electron chi connectivity index (χ1n) is 5.96. The van der Waals surface area contributed by atoms with Crippen LogP contribution in [0.4, 0.5) is 0 Å². The van der Waals surface area contributed by atoms with Gasteiger partial charge < -0.3 is 9.84 Å². The molecule has 0 radical (unpaired) electrons. The van der Waals surface area contributed by atoms with Gasteiger partial charge in [0.15, 0.2) is 0 Å². The number of halogens is 1. The van der Waals surface area contributed by atoms with Crippen LogP contribution in [0.5, 0.6) is 0 Å². The summed E-state index contributed by atoms with van der Waals surface area (Å²) in [6.07, 6.45) is 0. The minimum atomic E-state index is -3.65. The molecule has 2 rings (SSSR count). The van der Waals surface area contributed by atoms with Crippen molar-refractivity contribution < 1.29 is 23.1 Å². The van der Waals surface area contributed by atoms with E-state index in [1.165, 1.54) is 22.5 Å². The van der Waals surface area contributed by atoms with E-state index < -0.39 is 16.0 Å². The van der Waals surface area contributed by atoms with Gasteiger partial charge in [-0.3, -0.25) is 0 Å². The number of rotatable bonds is 3. The van der Waals surface area contributed by atoms with Gasteiger partial charge in [-0.25, -0.2) is 13.2 Å².